The van der Waals surface area contributed by atoms with E-state index in [1.54, 1.807) is 6.08 Å². The van der Waals surface area contributed by atoms with Crippen LogP contribution in [-0.4, -0.2) is 38.1 Å². The van der Waals surface area contributed by atoms with Gasteiger partial charge in [0.1, 0.15) is 6.10 Å². The van der Waals surface area contributed by atoms with Crippen LogP contribution in [0.2, 0.25) is 0 Å². The van der Waals surface area contributed by atoms with Crippen molar-refractivity contribution in [2.24, 2.45) is 0 Å². The molecule has 1 N–H and O–H groups in total. The van der Waals surface area contributed by atoms with Gasteiger partial charge in [-0.05, 0) is 0 Å². The Morgan fingerprint density at radius 3 is 2.80 bits per heavy atom. The van der Waals surface area contributed by atoms with E-state index in [-0.39, 0.29) is 0 Å². The van der Waals surface area contributed by atoms with Crippen LogP contribution >= 0.6 is 0 Å². The fraction of sp³-hybridized carbons (Fsp3) is 0.714. The second kappa shape index (κ2) is 6.74. The van der Waals surface area contributed by atoms with E-state index >= 15 is 0 Å². The number of methoxy groups -OCH3 is 1. The van der Waals surface area contributed by atoms with E-state index in [0.29, 0.717) is 19.8 Å². The summed E-state index contributed by atoms with van der Waals surface area (Å²) in [6.07, 6.45) is 1.12. The number of rotatable bonds is 6. The molecule has 0 fully saturated rings. The summed E-state index contributed by atoms with van der Waals surface area (Å²) < 4.78 is 9.63. The van der Waals surface area contributed by atoms with E-state index in [4.69, 9.17) is 9.84 Å². The molecule has 0 radical (unpaired) electrons. The molecule has 3 nitrogen and oxygen atoms in total. The molecule has 1 unspecified atom stereocenters. The summed E-state index contributed by atoms with van der Waals surface area (Å²) in [7, 11) is 1.54. The van der Waals surface area contributed by atoms with E-state index in [9.17, 15) is 0 Å². The van der Waals surface area contributed by atoms with E-state index in [1.807, 2.05) is 0 Å². The van der Waals surface area contributed by atoms with Crippen LogP contribution in [0.3, 0.4) is 0 Å². The van der Waals surface area contributed by atoms with Crippen molar-refractivity contribution in [3.05, 3.63) is 12.7 Å². The Bertz CT molecular complexity index is 82.9. The SMILES string of the molecule is C=CCOCC(O)COC. The molecule has 0 aromatic carbocycles. The van der Waals surface area contributed by atoms with Gasteiger partial charge in [-0.25, -0.2) is 0 Å². The molecular formula is C7H14O3. The third kappa shape index (κ3) is 5.75. The minimum Gasteiger partial charge on any atom is -0.388 e. The topological polar surface area (TPSA) is 38.7 Å². The Balaban J connectivity index is 3.04. The highest BCUT2D eigenvalue weighted by Gasteiger charge is 2.00. The van der Waals surface area contributed by atoms with Gasteiger partial charge in [-0.3, -0.25) is 0 Å². The highest BCUT2D eigenvalue weighted by Crippen LogP contribution is 1.85. The van der Waals surface area contributed by atoms with Gasteiger partial charge in [-0.15, -0.1) is 6.58 Å². The average Bonchev–Trinajstić information content (AvgIpc) is 1.89. The smallest absolute Gasteiger partial charge is 0.101 e. The number of ether oxygens (including phenoxy) is 2. The zero-order valence-corrected chi connectivity index (χ0v) is 6.25. The number of aliphatic hydroxyl groups excluding tert-OH is 1. The molecule has 0 aliphatic rings. The Morgan fingerprint density at radius 2 is 2.30 bits per heavy atom. The molecule has 10 heavy (non-hydrogen) atoms. The molecule has 0 saturated heterocycles. The Hall–Kier alpha value is -0.380. The number of hydrogen-bond acceptors (Lipinski definition) is 3. The maximum Gasteiger partial charge on any atom is 0.101 e. The molecule has 0 spiro atoms. The lowest BCUT2D eigenvalue weighted by atomic mass is 10.4. The molecule has 0 aromatic heterocycles. The molecule has 0 aliphatic heterocycles. The summed E-state index contributed by atoms with van der Waals surface area (Å²) in [5.41, 5.74) is 0. The van der Waals surface area contributed by atoms with E-state index in [0.717, 1.165) is 0 Å². The van der Waals surface area contributed by atoms with Crippen molar-refractivity contribution in [3.8, 4) is 0 Å². The van der Waals surface area contributed by atoms with E-state index < -0.39 is 6.10 Å². The lowest BCUT2D eigenvalue weighted by molar-refractivity contribution is 0.00121. The lowest BCUT2D eigenvalue weighted by Gasteiger charge is -2.07. The summed E-state index contributed by atoms with van der Waals surface area (Å²) in [5.74, 6) is 0. The van der Waals surface area contributed by atoms with Crippen molar-refractivity contribution in [3.63, 3.8) is 0 Å². The van der Waals surface area contributed by atoms with Gasteiger partial charge in [0.2, 0.25) is 0 Å². The first-order valence-electron chi connectivity index (χ1n) is 3.17. The van der Waals surface area contributed by atoms with Crippen LogP contribution in [0, 0.1) is 0 Å². The molecule has 0 aromatic rings. The summed E-state index contributed by atoms with van der Waals surface area (Å²) in [5, 5.41) is 8.99. The number of aliphatic hydroxyl groups is 1. The molecule has 0 aliphatic carbocycles. The Morgan fingerprint density at radius 1 is 1.60 bits per heavy atom. The molecule has 0 rings (SSSR count). The highest BCUT2D eigenvalue weighted by atomic mass is 16.5. The van der Waals surface area contributed by atoms with Gasteiger partial charge in [0.05, 0.1) is 19.8 Å². The molecule has 0 bridgehead atoms. The van der Waals surface area contributed by atoms with Crippen LogP contribution in [0.25, 0.3) is 0 Å². The van der Waals surface area contributed by atoms with Crippen LogP contribution in [0.1, 0.15) is 0 Å². The van der Waals surface area contributed by atoms with Crippen molar-refractivity contribution in [2.75, 3.05) is 26.9 Å². The predicted molar refractivity (Wildman–Crippen MR) is 38.9 cm³/mol. The molecule has 60 valence electrons. The van der Waals surface area contributed by atoms with Gasteiger partial charge >= 0.3 is 0 Å². The molecule has 1 atom stereocenters. The molecule has 0 saturated carbocycles. The Labute approximate surface area is 61.3 Å². The maximum absolute atomic E-state index is 8.99. The van der Waals surface area contributed by atoms with Crippen molar-refractivity contribution in [1.82, 2.24) is 0 Å². The zero-order chi connectivity index (χ0) is 7.82. The van der Waals surface area contributed by atoms with Gasteiger partial charge < -0.3 is 14.6 Å². The monoisotopic (exact) mass is 146 g/mol. The van der Waals surface area contributed by atoms with Crippen LogP contribution in [0.15, 0.2) is 12.7 Å². The van der Waals surface area contributed by atoms with Crippen molar-refractivity contribution in [1.29, 1.82) is 0 Å². The highest BCUT2D eigenvalue weighted by molar-refractivity contribution is 4.64. The van der Waals surface area contributed by atoms with E-state index in [2.05, 4.69) is 11.3 Å². The average molecular weight is 146 g/mol. The molecule has 3 heteroatoms. The van der Waals surface area contributed by atoms with Crippen LogP contribution in [0.4, 0.5) is 0 Å². The Kier molecular flexibility index (Phi) is 6.48. The van der Waals surface area contributed by atoms with Crippen LogP contribution in [-0.2, 0) is 9.47 Å². The summed E-state index contributed by atoms with van der Waals surface area (Å²) in [6, 6.07) is 0. The summed E-state index contributed by atoms with van der Waals surface area (Å²) in [4.78, 5) is 0. The normalized spacial score (nSPS) is 13.0. The molecular weight excluding hydrogens is 132 g/mol. The van der Waals surface area contributed by atoms with E-state index in [1.165, 1.54) is 7.11 Å². The summed E-state index contributed by atoms with van der Waals surface area (Å²) in [6.45, 7) is 4.56. The van der Waals surface area contributed by atoms with Crippen molar-refractivity contribution < 1.29 is 14.6 Å². The van der Waals surface area contributed by atoms with Gasteiger partial charge in [-0.1, -0.05) is 6.08 Å². The zero-order valence-electron chi connectivity index (χ0n) is 6.25. The van der Waals surface area contributed by atoms with Crippen molar-refractivity contribution >= 4 is 0 Å². The quantitative estimate of drug-likeness (QED) is 0.429. The first-order valence-corrected chi connectivity index (χ1v) is 3.17. The lowest BCUT2D eigenvalue weighted by Crippen LogP contribution is -2.20. The minimum absolute atomic E-state index is 0.305. The molecule has 0 amide bonds. The molecule has 0 heterocycles. The first kappa shape index (κ1) is 9.62. The van der Waals surface area contributed by atoms with Gasteiger partial charge in [-0.2, -0.15) is 0 Å². The maximum atomic E-state index is 8.99. The first-order chi connectivity index (χ1) is 4.81. The van der Waals surface area contributed by atoms with Gasteiger partial charge in [0, 0.05) is 7.11 Å². The fourth-order valence-electron chi connectivity index (χ4n) is 0.528. The fourth-order valence-corrected chi connectivity index (χ4v) is 0.528. The second-order valence-corrected chi connectivity index (χ2v) is 1.94. The van der Waals surface area contributed by atoms with Gasteiger partial charge in [0.25, 0.3) is 0 Å². The third-order valence-electron chi connectivity index (χ3n) is 0.905. The summed E-state index contributed by atoms with van der Waals surface area (Å²) >= 11 is 0. The predicted octanol–water partition coefficient (Wildman–Crippen LogP) is 0.196. The van der Waals surface area contributed by atoms with Crippen molar-refractivity contribution in [2.45, 2.75) is 6.10 Å². The largest absolute Gasteiger partial charge is 0.388 e. The standard InChI is InChI=1S/C7H14O3/c1-3-4-10-6-7(8)5-9-2/h3,7-8H,1,4-6H2,2H3. The minimum atomic E-state index is -0.523. The number of hydrogen-bond donors (Lipinski definition) is 1. The van der Waals surface area contributed by atoms with Crippen LogP contribution in [0.5, 0.6) is 0 Å². The van der Waals surface area contributed by atoms with Crippen LogP contribution < -0.4 is 0 Å². The van der Waals surface area contributed by atoms with Gasteiger partial charge in [0.15, 0.2) is 0 Å². The third-order valence-corrected chi connectivity index (χ3v) is 0.905. The second-order valence-electron chi connectivity index (χ2n) is 1.94.